The number of halogens is 2. The van der Waals surface area contributed by atoms with E-state index in [0.29, 0.717) is 35.7 Å². The molecular weight excluding hydrogens is 465 g/mol. The molecule has 2 saturated heterocycles. The highest BCUT2D eigenvalue weighted by atomic mass is 35.5. The third-order valence-corrected chi connectivity index (χ3v) is 8.68. The van der Waals surface area contributed by atoms with Crippen LogP contribution in [0.2, 0.25) is 0 Å². The van der Waals surface area contributed by atoms with E-state index >= 15 is 0 Å². The molecule has 4 amide bonds. The van der Waals surface area contributed by atoms with Crippen molar-refractivity contribution in [3.05, 3.63) is 22.2 Å². The second-order valence-corrected chi connectivity index (χ2v) is 11.0. The number of hydrogen-bond acceptors (Lipinski definition) is 5. The average molecular weight is 494 g/mol. The van der Waals surface area contributed by atoms with E-state index in [-0.39, 0.29) is 54.8 Å². The van der Waals surface area contributed by atoms with Crippen LogP contribution in [0.15, 0.2) is 22.2 Å². The molecular formula is C24H29Cl2N3O4. The molecule has 3 fully saturated rings. The van der Waals surface area contributed by atoms with Crippen molar-refractivity contribution in [3.8, 4) is 0 Å². The van der Waals surface area contributed by atoms with Crippen LogP contribution in [0.1, 0.15) is 57.8 Å². The van der Waals surface area contributed by atoms with Gasteiger partial charge in [0.25, 0.3) is 0 Å². The Labute approximate surface area is 203 Å². The standard InChI is InChI=1S/C24H29Cl2N3O4/c25-14-6-8-17-19(10-14)23(32)28(21(17)30)12-27(16-4-2-1-3-5-16)13-29-22(31)18-9-7-15(26)11-20(18)24(29)33/h6-7,16-20H,1-5,8-13H2/t17-,18-,19-,20+/m1/s1. The van der Waals surface area contributed by atoms with Crippen molar-refractivity contribution >= 4 is 46.8 Å². The number of carbonyl (C=O) groups is 4. The van der Waals surface area contributed by atoms with Gasteiger partial charge in [-0.05, 0) is 38.5 Å². The van der Waals surface area contributed by atoms with Gasteiger partial charge in [-0.1, -0.05) is 54.6 Å². The summed E-state index contributed by atoms with van der Waals surface area (Å²) in [4.78, 5) is 57.2. The first kappa shape index (κ1) is 23.1. The number of hydrogen-bond donors (Lipinski definition) is 0. The van der Waals surface area contributed by atoms with Crippen LogP contribution in [-0.2, 0) is 19.2 Å². The van der Waals surface area contributed by atoms with Gasteiger partial charge in [0.1, 0.15) is 0 Å². The van der Waals surface area contributed by atoms with E-state index in [1.165, 1.54) is 9.80 Å². The number of likely N-dealkylation sites (tertiary alicyclic amines) is 2. The zero-order valence-corrected chi connectivity index (χ0v) is 20.1. The zero-order valence-electron chi connectivity index (χ0n) is 18.6. The molecule has 0 radical (unpaired) electrons. The summed E-state index contributed by atoms with van der Waals surface area (Å²) in [6.07, 6.45) is 10.5. The Balaban J connectivity index is 1.35. The molecule has 178 valence electrons. The SMILES string of the molecule is O=C1[C@H]2CC(Cl)=CC[C@H]2C(=O)N1CN(CN1C(=O)[C@@H]2CC=C(Cl)C[C@H]2C1=O)C1CCCCC1. The van der Waals surface area contributed by atoms with Gasteiger partial charge >= 0.3 is 0 Å². The fourth-order valence-electron chi connectivity index (χ4n) is 6.16. The maximum atomic E-state index is 13.1. The number of allylic oxidation sites excluding steroid dienone is 4. The van der Waals surface area contributed by atoms with Crippen molar-refractivity contribution in [2.24, 2.45) is 23.7 Å². The molecule has 0 bridgehead atoms. The van der Waals surface area contributed by atoms with Crippen LogP contribution < -0.4 is 0 Å². The normalized spacial score (nSPS) is 32.9. The molecule has 3 aliphatic carbocycles. The summed E-state index contributed by atoms with van der Waals surface area (Å²) in [7, 11) is 0. The first-order chi connectivity index (χ1) is 15.8. The molecule has 0 aromatic heterocycles. The quantitative estimate of drug-likeness (QED) is 0.547. The fourth-order valence-corrected chi connectivity index (χ4v) is 6.67. The van der Waals surface area contributed by atoms with Crippen LogP contribution in [0.3, 0.4) is 0 Å². The Morgan fingerprint density at radius 2 is 1.12 bits per heavy atom. The summed E-state index contributed by atoms with van der Waals surface area (Å²) >= 11 is 12.3. The van der Waals surface area contributed by atoms with Crippen LogP contribution in [0, 0.1) is 23.7 Å². The Bertz CT molecular complexity index is 876. The molecule has 0 N–H and O–H groups in total. The van der Waals surface area contributed by atoms with E-state index in [0.717, 1.165) is 32.1 Å². The molecule has 9 heteroatoms. The van der Waals surface area contributed by atoms with Gasteiger partial charge in [0.15, 0.2) is 0 Å². The van der Waals surface area contributed by atoms with Crippen molar-refractivity contribution < 1.29 is 19.2 Å². The van der Waals surface area contributed by atoms with Crippen LogP contribution in [0.5, 0.6) is 0 Å². The van der Waals surface area contributed by atoms with Crippen molar-refractivity contribution in [2.75, 3.05) is 13.3 Å². The smallest absolute Gasteiger partial charge is 0.234 e. The minimum atomic E-state index is -0.408. The predicted octanol–water partition coefficient (Wildman–Crippen LogP) is 3.57. The van der Waals surface area contributed by atoms with E-state index in [4.69, 9.17) is 23.2 Å². The van der Waals surface area contributed by atoms with E-state index < -0.39 is 11.8 Å². The number of imide groups is 2. The highest BCUT2D eigenvalue weighted by molar-refractivity contribution is 6.30. The van der Waals surface area contributed by atoms with Crippen molar-refractivity contribution in [3.63, 3.8) is 0 Å². The monoisotopic (exact) mass is 493 g/mol. The first-order valence-electron chi connectivity index (χ1n) is 12.0. The molecule has 0 spiro atoms. The Morgan fingerprint density at radius 1 is 0.697 bits per heavy atom. The molecule has 5 rings (SSSR count). The van der Waals surface area contributed by atoms with Gasteiger partial charge < -0.3 is 0 Å². The van der Waals surface area contributed by atoms with Crippen LogP contribution in [0.4, 0.5) is 0 Å². The highest BCUT2D eigenvalue weighted by Crippen LogP contribution is 2.41. The summed E-state index contributed by atoms with van der Waals surface area (Å²) in [6, 6.07) is 0.119. The molecule has 4 atom stereocenters. The van der Waals surface area contributed by atoms with Gasteiger partial charge in [0.05, 0.1) is 37.0 Å². The molecule has 2 heterocycles. The minimum absolute atomic E-state index is 0.109. The van der Waals surface area contributed by atoms with Gasteiger partial charge in [-0.3, -0.25) is 33.9 Å². The predicted molar refractivity (Wildman–Crippen MR) is 122 cm³/mol. The average Bonchev–Trinajstić information content (AvgIpc) is 3.18. The van der Waals surface area contributed by atoms with Crippen molar-refractivity contribution in [2.45, 2.75) is 63.8 Å². The van der Waals surface area contributed by atoms with Crippen LogP contribution in [0.25, 0.3) is 0 Å². The number of nitrogens with zero attached hydrogens (tertiary/aromatic N) is 3. The lowest BCUT2D eigenvalue weighted by atomic mass is 9.85. The summed E-state index contributed by atoms with van der Waals surface area (Å²) in [5.74, 6) is -2.27. The number of amides is 4. The number of carbonyl (C=O) groups excluding carboxylic acids is 4. The highest BCUT2D eigenvalue weighted by Gasteiger charge is 2.51. The third-order valence-electron chi connectivity index (χ3n) is 8.06. The molecule has 7 nitrogen and oxygen atoms in total. The van der Waals surface area contributed by atoms with Crippen LogP contribution in [-0.4, -0.2) is 57.7 Å². The summed E-state index contributed by atoms with van der Waals surface area (Å²) in [5.41, 5.74) is 0. The van der Waals surface area contributed by atoms with E-state index in [9.17, 15) is 19.2 Å². The molecule has 5 aliphatic rings. The number of fused-ring (bicyclic) bond motifs is 2. The summed E-state index contributed by atoms with van der Waals surface area (Å²) in [5, 5.41) is 1.26. The molecule has 0 unspecified atom stereocenters. The van der Waals surface area contributed by atoms with Crippen LogP contribution >= 0.6 is 23.2 Å². The Hall–Kier alpha value is -1.70. The second kappa shape index (κ2) is 9.16. The van der Waals surface area contributed by atoms with Crippen molar-refractivity contribution in [1.82, 2.24) is 14.7 Å². The van der Waals surface area contributed by atoms with Gasteiger partial charge in [0.2, 0.25) is 23.6 Å². The van der Waals surface area contributed by atoms with Gasteiger partial charge in [-0.25, -0.2) is 0 Å². The maximum absolute atomic E-state index is 13.1. The lowest BCUT2D eigenvalue weighted by molar-refractivity contribution is -0.147. The van der Waals surface area contributed by atoms with E-state index in [2.05, 4.69) is 0 Å². The topological polar surface area (TPSA) is 78.0 Å². The largest absolute Gasteiger partial charge is 0.274 e. The number of rotatable bonds is 5. The molecule has 1 saturated carbocycles. The Kier molecular flexibility index (Phi) is 6.40. The molecule has 2 aliphatic heterocycles. The zero-order chi connectivity index (χ0) is 23.3. The van der Waals surface area contributed by atoms with Gasteiger partial charge in [0, 0.05) is 16.1 Å². The fraction of sp³-hybridized carbons (Fsp3) is 0.667. The minimum Gasteiger partial charge on any atom is -0.274 e. The van der Waals surface area contributed by atoms with E-state index in [1.54, 1.807) is 0 Å². The third kappa shape index (κ3) is 4.17. The van der Waals surface area contributed by atoms with E-state index in [1.807, 2.05) is 17.1 Å². The molecule has 0 aromatic rings. The molecule has 33 heavy (non-hydrogen) atoms. The Morgan fingerprint density at radius 3 is 1.58 bits per heavy atom. The lowest BCUT2D eigenvalue weighted by Crippen LogP contribution is -2.52. The maximum Gasteiger partial charge on any atom is 0.234 e. The van der Waals surface area contributed by atoms with Gasteiger partial charge in [-0.2, -0.15) is 0 Å². The van der Waals surface area contributed by atoms with Crippen molar-refractivity contribution in [1.29, 1.82) is 0 Å². The lowest BCUT2D eigenvalue weighted by Gasteiger charge is -2.38. The summed E-state index contributed by atoms with van der Waals surface area (Å²) in [6.45, 7) is 0.219. The second-order valence-electron chi connectivity index (χ2n) is 9.98. The van der Waals surface area contributed by atoms with Gasteiger partial charge in [-0.15, -0.1) is 0 Å². The molecule has 0 aromatic carbocycles. The first-order valence-corrected chi connectivity index (χ1v) is 12.7. The summed E-state index contributed by atoms with van der Waals surface area (Å²) < 4.78 is 0.